The third-order valence-electron chi connectivity index (χ3n) is 3.86. The largest absolute Gasteiger partial charge is 0.481 e. The molecule has 1 N–H and O–H groups in total. The van der Waals surface area contributed by atoms with Crippen molar-refractivity contribution < 1.29 is 9.64 Å². The van der Waals surface area contributed by atoms with Gasteiger partial charge in [-0.05, 0) is 36.0 Å². The van der Waals surface area contributed by atoms with E-state index in [-0.39, 0.29) is 0 Å². The molecule has 0 spiro atoms. The highest BCUT2D eigenvalue weighted by molar-refractivity contribution is 5.39. The van der Waals surface area contributed by atoms with Gasteiger partial charge >= 0.3 is 0 Å². The zero-order chi connectivity index (χ0) is 14.4. The molecule has 0 aromatic heterocycles. The van der Waals surface area contributed by atoms with E-state index in [9.17, 15) is 0 Å². The molecule has 1 aromatic rings. The highest BCUT2D eigenvalue weighted by Crippen LogP contribution is 2.27. The Balaban J connectivity index is 1.87. The van der Waals surface area contributed by atoms with Crippen LogP contribution in [-0.4, -0.2) is 26.2 Å². The van der Waals surface area contributed by atoms with Gasteiger partial charge in [0.2, 0.25) is 0 Å². The van der Waals surface area contributed by atoms with Gasteiger partial charge in [0.25, 0.3) is 0 Å². The number of benzene rings is 1. The maximum absolute atomic E-state index is 5.86. The van der Waals surface area contributed by atoms with Gasteiger partial charge in [0.1, 0.15) is 18.9 Å². The van der Waals surface area contributed by atoms with Crippen LogP contribution in [0.2, 0.25) is 0 Å². The minimum absolute atomic E-state index is 0.479. The lowest BCUT2D eigenvalue weighted by atomic mass is 10.0. The van der Waals surface area contributed by atoms with Crippen LogP contribution in [-0.2, 0) is 0 Å². The van der Waals surface area contributed by atoms with Gasteiger partial charge in [-0.2, -0.15) is 0 Å². The van der Waals surface area contributed by atoms with Crippen molar-refractivity contribution in [3.8, 4) is 17.6 Å². The third kappa shape index (κ3) is 4.28. The molecule has 1 aromatic carbocycles. The molecule has 0 unspecified atom stereocenters. The molecular formula is C18H26NO+. The maximum atomic E-state index is 5.86. The second-order valence-electron chi connectivity index (χ2n) is 5.97. The average Bonchev–Trinajstić information content (AvgIpc) is 2.91. The minimum atomic E-state index is 0.479. The lowest BCUT2D eigenvalue weighted by Gasteiger charge is -2.13. The summed E-state index contributed by atoms with van der Waals surface area (Å²) in [4.78, 5) is 1.62. The quantitative estimate of drug-likeness (QED) is 0.830. The Hall–Kier alpha value is -1.46. The molecule has 1 saturated heterocycles. The lowest BCUT2D eigenvalue weighted by Crippen LogP contribution is -3.09. The average molecular weight is 272 g/mol. The number of hydrogen-bond donors (Lipinski definition) is 1. The van der Waals surface area contributed by atoms with Gasteiger partial charge in [0, 0.05) is 12.8 Å². The first-order valence-electron chi connectivity index (χ1n) is 7.69. The smallest absolute Gasteiger partial charge is 0.149 e. The van der Waals surface area contributed by atoms with Crippen molar-refractivity contribution in [3.05, 3.63) is 29.3 Å². The molecule has 0 saturated carbocycles. The van der Waals surface area contributed by atoms with Gasteiger partial charge in [-0.25, -0.2) is 0 Å². The van der Waals surface area contributed by atoms with Crippen LogP contribution in [0.4, 0.5) is 0 Å². The van der Waals surface area contributed by atoms with E-state index < -0.39 is 0 Å². The molecule has 2 rings (SSSR count). The lowest BCUT2D eigenvalue weighted by molar-refractivity contribution is -0.879. The molecule has 2 nitrogen and oxygen atoms in total. The van der Waals surface area contributed by atoms with E-state index in [0.29, 0.717) is 12.5 Å². The summed E-state index contributed by atoms with van der Waals surface area (Å²) in [6.45, 7) is 10.5. The number of rotatable bonds is 4. The third-order valence-corrected chi connectivity index (χ3v) is 3.86. The first-order valence-corrected chi connectivity index (χ1v) is 7.69. The predicted octanol–water partition coefficient (Wildman–Crippen LogP) is 2.18. The summed E-state index contributed by atoms with van der Waals surface area (Å²) in [7, 11) is 0. The Morgan fingerprint density at radius 3 is 2.65 bits per heavy atom. The van der Waals surface area contributed by atoms with Gasteiger partial charge in [0.05, 0.1) is 13.1 Å². The van der Waals surface area contributed by atoms with Crippen LogP contribution in [0.3, 0.4) is 0 Å². The first-order chi connectivity index (χ1) is 9.66. The van der Waals surface area contributed by atoms with Gasteiger partial charge in [-0.15, -0.1) is 0 Å². The van der Waals surface area contributed by atoms with Crippen molar-refractivity contribution in [2.45, 2.75) is 39.5 Å². The molecule has 0 radical (unpaired) electrons. The number of likely N-dealkylation sites (tertiary alicyclic amines) is 1. The Morgan fingerprint density at radius 2 is 1.95 bits per heavy atom. The molecule has 0 atom stereocenters. The summed E-state index contributed by atoms with van der Waals surface area (Å²) in [6.07, 6.45) is 2.71. The van der Waals surface area contributed by atoms with E-state index >= 15 is 0 Å². The van der Waals surface area contributed by atoms with Crippen LogP contribution in [0.1, 0.15) is 43.7 Å². The maximum Gasteiger partial charge on any atom is 0.149 e. The van der Waals surface area contributed by atoms with E-state index in [4.69, 9.17) is 4.74 Å². The van der Waals surface area contributed by atoms with Gasteiger partial charge in [-0.3, -0.25) is 0 Å². The fraction of sp³-hybridized carbons (Fsp3) is 0.556. The second kappa shape index (κ2) is 7.36. The second-order valence-corrected chi connectivity index (χ2v) is 5.97. The van der Waals surface area contributed by atoms with Gasteiger partial charge < -0.3 is 9.64 Å². The molecule has 20 heavy (non-hydrogen) atoms. The first kappa shape index (κ1) is 14.9. The van der Waals surface area contributed by atoms with E-state index in [2.05, 4.69) is 50.8 Å². The summed E-state index contributed by atoms with van der Waals surface area (Å²) in [5, 5.41) is 0. The monoisotopic (exact) mass is 272 g/mol. The van der Waals surface area contributed by atoms with Crippen molar-refractivity contribution >= 4 is 0 Å². The molecule has 1 aliphatic heterocycles. The zero-order valence-electron chi connectivity index (χ0n) is 13.0. The number of ether oxygens (including phenoxy) is 1. The molecule has 1 fully saturated rings. The summed E-state index contributed by atoms with van der Waals surface area (Å²) >= 11 is 0. The number of quaternary nitrogens is 1. The van der Waals surface area contributed by atoms with Crippen LogP contribution in [0.25, 0.3) is 0 Å². The van der Waals surface area contributed by atoms with Crippen LogP contribution in [0, 0.1) is 18.8 Å². The Morgan fingerprint density at radius 1 is 1.20 bits per heavy atom. The Kier molecular flexibility index (Phi) is 5.49. The molecular weight excluding hydrogens is 246 g/mol. The molecule has 108 valence electrons. The molecule has 1 heterocycles. The van der Waals surface area contributed by atoms with E-state index in [1.807, 2.05) is 0 Å². The molecule has 0 amide bonds. The van der Waals surface area contributed by atoms with Gasteiger partial charge in [0.15, 0.2) is 0 Å². The van der Waals surface area contributed by atoms with E-state index in [1.54, 1.807) is 4.90 Å². The molecule has 1 aliphatic rings. The van der Waals surface area contributed by atoms with Crippen LogP contribution in [0.15, 0.2) is 18.2 Å². The van der Waals surface area contributed by atoms with Crippen molar-refractivity contribution in [2.24, 2.45) is 0 Å². The van der Waals surface area contributed by atoms with Crippen molar-refractivity contribution in [3.63, 3.8) is 0 Å². The predicted molar refractivity (Wildman–Crippen MR) is 83.3 cm³/mol. The van der Waals surface area contributed by atoms with Crippen molar-refractivity contribution in [1.82, 2.24) is 0 Å². The fourth-order valence-corrected chi connectivity index (χ4v) is 2.65. The van der Waals surface area contributed by atoms with Crippen LogP contribution in [0.5, 0.6) is 5.75 Å². The summed E-state index contributed by atoms with van der Waals surface area (Å²) in [6, 6.07) is 6.42. The summed E-state index contributed by atoms with van der Waals surface area (Å²) in [5.41, 5.74) is 2.50. The van der Waals surface area contributed by atoms with Crippen molar-refractivity contribution in [1.29, 1.82) is 0 Å². The summed E-state index contributed by atoms with van der Waals surface area (Å²) < 4.78 is 5.86. The van der Waals surface area contributed by atoms with Crippen molar-refractivity contribution in [2.75, 3.05) is 26.2 Å². The highest BCUT2D eigenvalue weighted by Gasteiger charge is 2.12. The molecule has 0 aliphatic carbocycles. The fourth-order valence-electron chi connectivity index (χ4n) is 2.65. The topological polar surface area (TPSA) is 13.7 Å². The van der Waals surface area contributed by atoms with E-state index in [1.165, 1.54) is 37.1 Å². The Bertz CT molecular complexity index is 490. The van der Waals surface area contributed by atoms with Crippen LogP contribution >= 0.6 is 0 Å². The highest BCUT2D eigenvalue weighted by atomic mass is 16.5. The van der Waals surface area contributed by atoms with Gasteiger partial charge in [-0.1, -0.05) is 31.9 Å². The number of nitrogens with one attached hydrogen (secondary N) is 1. The standard InChI is InChI=1S/C18H25NO/c1-15(2)17-9-8-16(3)14-18(17)20-13-7-6-12-19-10-4-5-11-19/h8-9,14-15H,4-5,10-13H2,1-3H3/p+1. The van der Waals surface area contributed by atoms with E-state index in [0.717, 1.165) is 12.3 Å². The number of hydrogen-bond acceptors (Lipinski definition) is 1. The minimum Gasteiger partial charge on any atom is -0.481 e. The SMILES string of the molecule is Cc1ccc(C(C)C)c(OCC#CC[NH+]2CCCC2)c1. The Labute approximate surface area is 123 Å². The summed E-state index contributed by atoms with van der Waals surface area (Å²) in [5.74, 6) is 7.87. The zero-order valence-corrected chi connectivity index (χ0v) is 13.0. The normalized spacial score (nSPS) is 15.2. The number of aryl methyl sites for hydroxylation is 1. The van der Waals surface area contributed by atoms with Crippen LogP contribution < -0.4 is 9.64 Å². The molecule has 2 heteroatoms. The molecule has 0 bridgehead atoms.